The highest BCUT2D eigenvalue weighted by molar-refractivity contribution is 5.48. The summed E-state index contributed by atoms with van der Waals surface area (Å²) in [6.07, 6.45) is 0.155. The van der Waals surface area contributed by atoms with Gasteiger partial charge in [0, 0.05) is 5.69 Å². The molecule has 0 amide bonds. The topological polar surface area (TPSA) is 41.5 Å². The summed E-state index contributed by atoms with van der Waals surface area (Å²) in [6, 6.07) is 17.8. The van der Waals surface area contributed by atoms with Crippen molar-refractivity contribution in [1.29, 1.82) is 0 Å². The lowest BCUT2D eigenvalue weighted by molar-refractivity contribution is 0.223. The van der Waals surface area contributed by atoms with E-state index in [0.29, 0.717) is 0 Å². The highest BCUT2D eigenvalue weighted by atomic mass is 16.5. The first-order valence-electron chi connectivity index (χ1n) is 7.25. The van der Waals surface area contributed by atoms with Gasteiger partial charge >= 0.3 is 0 Å². The van der Waals surface area contributed by atoms with E-state index in [0.717, 1.165) is 17.0 Å². The molecule has 2 aromatic carbocycles. The molecule has 0 bridgehead atoms. The van der Waals surface area contributed by atoms with E-state index in [1.54, 1.807) is 0 Å². The third kappa shape index (κ3) is 3.99. The molecule has 0 aliphatic rings. The molecule has 0 spiro atoms. The summed E-state index contributed by atoms with van der Waals surface area (Å²) in [7, 11) is 0. The maximum atomic E-state index is 9.82. The summed E-state index contributed by atoms with van der Waals surface area (Å²) in [5, 5.41) is 13.2. The average Bonchev–Trinajstić information content (AvgIpc) is 2.48. The smallest absolute Gasteiger partial charge is 0.119 e. The highest BCUT2D eigenvalue weighted by Crippen LogP contribution is 2.27. The molecule has 1 atom stereocenters. The van der Waals surface area contributed by atoms with Crippen molar-refractivity contribution in [2.75, 3.05) is 11.9 Å². The third-order valence-corrected chi connectivity index (χ3v) is 3.37. The zero-order chi connectivity index (χ0) is 15.3. The molecule has 0 aromatic heterocycles. The van der Waals surface area contributed by atoms with E-state index in [2.05, 4.69) is 5.32 Å². The predicted molar refractivity (Wildman–Crippen MR) is 86.7 cm³/mol. The number of benzene rings is 2. The lowest BCUT2D eigenvalue weighted by Crippen LogP contribution is -2.35. The summed E-state index contributed by atoms with van der Waals surface area (Å²) >= 11 is 0. The Bertz CT molecular complexity index is 551. The van der Waals surface area contributed by atoms with Crippen molar-refractivity contribution in [1.82, 2.24) is 0 Å². The van der Waals surface area contributed by atoms with Crippen molar-refractivity contribution in [2.24, 2.45) is 0 Å². The van der Waals surface area contributed by atoms with Crippen LogP contribution in [0, 0.1) is 0 Å². The molecule has 0 heterocycles. The second kappa shape index (κ2) is 6.64. The average molecular weight is 285 g/mol. The molecule has 0 saturated carbocycles. The van der Waals surface area contributed by atoms with Gasteiger partial charge in [0.05, 0.1) is 18.2 Å². The number of hydrogen-bond acceptors (Lipinski definition) is 3. The molecule has 0 aliphatic carbocycles. The number of aliphatic hydroxyl groups excluding tert-OH is 1. The summed E-state index contributed by atoms with van der Waals surface area (Å²) in [5.41, 5.74) is 1.47. The van der Waals surface area contributed by atoms with Gasteiger partial charge in [-0.1, -0.05) is 30.3 Å². The molecule has 1 unspecified atom stereocenters. The van der Waals surface area contributed by atoms with E-state index < -0.39 is 5.54 Å². The first-order valence-corrected chi connectivity index (χ1v) is 7.25. The fourth-order valence-corrected chi connectivity index (χ4v) is 2.22. The van der Waals surface area contributed by atoms with E-state index in [1.165, 1.54) is 0 Å². The van der Waals surface area contributed by atoms with Gasteiger partial charge in [-0.25, -0.2) is 0 Å². The van der Waals surface area contributed by atoms with Crippen LogP contribution >= 0.6 is 0 Å². The van der Waals surface area contributed by atoms with Crippen molar-refractivity contribution in [3.05, 3.63) is 60.2 Å². The lowest BCUT2D eigenvalue weighted by Gasteiger charge is -2.30. The Balaban J connectivity index is 2.19. The zero-order valence-corrected chi connectivity index (χ0v) is 12.8. The molecule has 3 nitrogen and oxygen atoms in total. The van der Waals surface area contributed by atoms with E-state index >= 15 is 0 Å². The predicted octanol–water partition coefficient (Wildman–Crippen LogP) is 3.79. The van der Waals surface area contributed by atoms with Crippen molar-refractivity contribution in [2.45, 2.75) is 32.4 Å². The number of ether oxygens (including phenoxy) is 1. The van der Waals surface area contributed by atoms with Crippen LogP contribution in [0.1, 0.15) is 26.3 Å². The molecule has 0 fully saturated rings. The van der Waals surface area contributed by atoms with Crippen molar-refractivity contribution in [3.8, 4) is 5.75 Å². The quantitative estimate of drug-likeness (QED) is 0.848. The Morgan fingerprint density at radius 1 is 1.05 bits per heavy atom. The van der Waals surface area contributed by atoms with Gasteiger partial charge in [0.25, 0.3) is 0 Å². The molecule has 21 heavy (non-hydrogen) atoms. The van der Waals surface area contributed by atoms with Gasteiger partial charge in [-0.05, 0) is 50.6 Å². The molecular weight excluding hydrogens is 262 g/mol. The minimum Gasteiger partial charge on any atom is -0.491 e. The van der Waals surface area contributed by atoms with Crippen molar-refractivity contribution >= 4 is 5.69 Å². The largest absolute Gasteiger partial charge is 0.491 e. The van der Waals surface area contributed by atoms with Crippen molar-refractivity contribution < 1.29 is 9.84 Å². The maximum absolute atomic E-state index is 9.82. The standard InChI is InChI=1S/C18H23NO2/c1-14(2)21-17-11-9-15(10-12-17)18(3,13-20)19-16-7-5-4-6-8-16/h4-12,14,19-20H,13H2,1-3H3. The first kappa shape index (κ1) is 15.4. The Kier molecular flexibility index (Phi) is 4.86. The minimum atomic E-state index is -0.530. The second-order valence-electron chi connectivity index (χ2n) is 5.67. The Labute approximate surface area is 126 Å². The van der Waals surface area contributed by atoms with Crippen LogP contribution in [-0.4, -0.2) is 17.8 Å². The minimum absolute atomic E-state index is 0.00623. The number of para-hydroxylation sites is 1. The fourth-order valence-electron chi connectivity index (χ4n) is 2.22. The van der Waals surface area contributed by atoms with Gasteiger partial charge in [-0.2, -0.15) is 0 Å². The molecule has 2 aromatic rings. The van der Waals surface area contributed by atoms with Crippen LogP contribution in [0.4, 0.5) is 5.69 Å². The third-order valence-electron chi connectivity index (χ3n) is 3.37. The lowest BCUT2D eigenvalue weighted by atomic mass is 9.92. The molecular formula is C18H23NO2. The molecule has 0 aliphatic heterocycles. The van der Waals surface area contributed by atoms with E-state index in [4.69, 9.17) is 4.74 Å². The van der Waals surface area contributed by atoms with Gasteiger partial charge < -0.3 is 15.2 Å². The normalized spacial score (nSPS) is 13.8. The molecule has 112 valence electrons. The maximum Gasteiger partial charge on any atom is 0.119 e. The molecule has 2 rings (SSSR count). The number of hydrogen-bond donors (Lipinski definition) is 2. The number of aliphatic hydroxyl groups is 1. The molecule has 0 radical (unpaired) electrons. The van der Waals surface area contributed by atoms with Crippen LogP contribution in [0.3, 0.4) is 0 Å². The fraction of sp³-hybridized carbons (Fsp3) is 0.333. The van der Waals surface area contributed by atoms with E-state index in [-0.39, 0.29) is 12.7 Å². The van der Waals surface area contributed by atoms with Gasteiger partial charge in [-0.3, -0.25) is 0 Å². The Hall–Kier alpha value is -2.00. The highest BCUT2D eigenvalue weighted by Gasteiger charge is 2.25. The number of anilines is 1. The van der Waals surface area contributed by atoms with E-state index in [9.17, 15) is 5.11 Å². The molecule has 3 heteroatoms. The van der Waals surface area contributed by atoms with Crippen LogP contribution in [-0.2, 0) is 5.54 Å². The summed E-state index contributed by atoms with van der Waals surface area (Å²) in [5.74, 6) is 0.841. The zero-order valence-electron chi connectivity index (χ0n) is 12.8. The van der Waals surface area contributed by atoms with Crippen LogP contribution in [0.5, 0.6) is 5.75 Å². The van der Waals surface area contributed by atoms with Gasteiger partial charge in [0.15, 0.2) is 0 Å². The monoisotopic (exact) mass is 285 g/mol. The molecule has 0 saturated heterocycles. The SMILES string of the molecule is CC(C)Oc1ccc(C(C)(CO)Nc2ccccc2)cc1. The Morgan fingerprint density at radius 3 is 2.19 bits per heavy atom. The number of rotatable bonds is 6. The number of nitrogens with one attached hydrogen (secondary N) is 1. The second-order valence-corrected chi connectivity index (χ2v) is 5.67. The molecule has 2 N–H and O–H groups in total. The van der Waals surface area contributed by atoms with Crippen molar-refractivity contribution in [3.63, 3.8) is 0 Å². The van der Waals surface area contributed by atoms with Crippen LogP contribution in [0.15, 0.2) is 54.6 Å². The first-order chi connectivity index (χ1) is 10.0. The van der Waals surface area contributed by atoms with Gasteiger partial charge in [0.2, 0.25) is 0 Å². The summed E-state index contributed by atoms with van der Waals surface area (Å²) < 4.78 is 5.65. The summed E-state index contributed by atoms with van der Waals surface area (Å²) in [6.45, 7) is 6.00. The van der Waals surface area contributed by atoms with Gasteiger partial charge in [-0.15, -0.1) is 0 Å². The Morgan fingerprint density at radius 2 is 1.67 bits per heavy atom. The van der Waals surface area contributed by atoms with Crippen LogP contribution in [0.2, 0.25) is 0 Å². The van der Waals surface area contributed by atoms with Crippen LogP contribution in [0.25, 0.3) is 0 Å². The van der Waals surface area contributed by atoms with Crippen LogP contribution < -0.4 is 10.1 Å². The van der Waals surface area contributed by atoms with E-state index in [1.807, 2.05) is 75.4 Å². The summed E-state index contributed by atoms with van der Waals surface area (Å²) in [4.78, 5) is 0. The van der Waals surface area contributed by atoms with Gasteiger partial charge in [0.1, 0.15) is 5.75 Å².